The first-order valence-corrected chi connectivity index (χ1v) is 5.28. The molecule has 0 heterocycles. The van der Waals surface area contributed by atoms with Gasteiger partial charge < -0.3 is 14.8 Å². The van der Waals surface area contributed by atoms with E-state index in [9.17, 15) is 0 Å². The van der Waals surface area contributed by atoms with Crippen LogP contribution in [0.2, 0.25) is 0 Å². The molecule has 0 radical (unpaired) electrons. The highest BCUT2D eigenvalue weighted by atomic mass is 16.5. The van der Waals surface area contributed by atoms with E-state index in [0.29, 0.717) is 12.1 Å². The zero-order chi connectivity index (χ0) is 10.7. The zero-order valence-corrected chi connectivity index (χ0v) is 8.60. The van der Waals surface area contributed by atoms with E-state index in [0.717, 1.165) is 18.1 Å². The van der Waals surface area contributed by atoms with Crippen LogP contribution >= 0.6 is 0 Å². The molecule has 1 aliphatic carbocycles. The lowest BCUT2D eigenvalue weighted by Crippen LogP contribution is -2.29. The van der Waals surface area contributed by atoms with Crippen molar-refractivity contribution in [1.29, 1.82) is 0 Å². The van der Waals surface area contributed by atoms with Gasteiger partial charge in [0.1, 0.15) is 0 Å². The molecule has 0 saturated heterocycles. The minimum Gasteiger partial charge on any atom is -0.423 e. The summed E-state index contributed by atoms with van der Waals surface area (Å²) in [4.78, 5) is 0. The molecule has 0 atom stereocenters. The number of benzene rings is 1. The van der Waals surface area contributed by atoms with Gasteiger partial charge in [0.25, 0.3) is 0 Å². The molecule has 15 heavy (non-hydrogen) atoms. The molecule has 3 nitrogen and oxygen atoms in total. The van der Waals surface area contributed by atoms with Gasteiger partial charge in [0.2, 0.25) is 0 Å². The summed E-state index contributed by atoms with van der Waals surface area (Å²) in [5.74, 6) is 0.761. The van der Waals surface area contributed by atoms with Gasteiger partial charge in [0.15, 0.2) is 0 Å². The summed E-state index contributed by atoms with van der Waals surface area (Å²) < 4.78 is 5.52. The van der Waals surface area contributed by atoms with E-state index in [2.05, 4.69) is 0 Å². The highest BCUT2D eigenvalue weighted by molar-refractivity contribution is 6.58. The van der Waals surface area contributed by atoms with Crippen molar-refractivity contribution in [2.45, 2.75) is 19.4 Å². The largest absolute Gasteiger partial charge is 0.488 e. The smallest absolute Gasteiger partial charge is 0.423 e. The lowest BCUT2D eigenvalue weighted by Gasteiger charge is -2.05. The van der Waals surface area contributed by atoms with Crippen LogP contribution in [0.4, 0.5) is 0 Å². The topological polar surface area (TPSA) is 49.7 Å². The van der Waals surface area contributed by atoms with Crippen molar-refractivity contribution in [2.75, 3.05) is 6.61 Å². The normalized spacial score (nSPS) is 15.3. The maximum Gasteiger partial charge on any atom is 0.488 e. The third kappa shape index (κ3) is 3.34. The zero-order valence-electron chi connectivity index (χ0n) is 8.60. The number of ether oxygens (including phenoxy) is 1. The predicted octanol–water partition coefficient (Wildman–Crippen LogP) is 0.293. The summed E-state index contributed by atoms with van der Waals surface area (Å²) in [6.45, 7) is 1.38. The van der Waals surface area contributed by atoms with Crippen LogP contribution in [0.25, 0.3) is 0 Å². The molecule has 1 aliphatic rings. The molecular formula is C11H15BO3. The minimum absolute atomic E-state index is 0.516. The molecule has 2 rings (SSSR count). The second-order valence-corrected chi connectivity index (χ2v) is 4.08. The van der Waals surface area contributed by atoms with Gasteiger partial charge in [-0.05, 0) is 29.8 Å². The molecule has 0 unspecified atom stereocenters. The van der Waals surface area contributed by atoms with Crippen LogP contribution in [0.3, 0.4) is 0 Å². The van der Waals surface area contributed by atoms with Gasteiger partial charge in [-0.1, -0.05) is 24.3 Å². The van der Waals surface area contributed by atoms with Crippen molar-refractivity contribution in [2.24, 2.45) is 5.92 Å². The van der Waals surface area contributed by atoms with Crippen molar-refractivity contribution >= 4 is 12.6 Å². The van der Waals surface area contributed by atoms with E-state index in [-0.39, 0.29) is 0 Å². The molecule has 0 aromatic heterocycles. The molecule has 80 valence electrons. The van der Waals surface area contributed by atoms with E-state index in [1.165, 1.54) is 12.8 Å². The van der Waals surface area contributed by atoms with Gasteiger partial charge in [0, 0.05) is 6.61 Å². The summed E-state index contributed by atoms with van der Waals surface area (Å²) in [5.41, 5.74) is 1.50. The number of rotatable bonds is 5. The molecule has 0 bridgehead atoms. The lowest BCUT2D eigenvalue weighted by molar-refractivity contribution is 0.111. The summed E-state index contributed by atoms with van der Waals surface area (Å²) in [5, 5.41) is 18.0. The highest BCUT2D eigenvalue weighted by Crippen LogP contribution is 2.28. The summed E-state index contributed by atoms with van der Waals surface area (Å²) in [6.07, 6.45) is 2.57. The Kier molecular flexibility index (Phi) is 3.41. The van der Waals surface area contributed by atoms with Crippen LogP contribution in [0.5, 0.6) is 0 Å². The predicted molar refractivity (Wildman–Crippen MR) is 58.6 cm³/mol. The molecule has 1 aromatic carbocycles. The van der Waals surface area contributed by atoms with Crippen molar-refractivity contribution in [1.82, 2.24) is 0 Å². The van der Waals surface area contributed by atoms with Gasteiger partial charge in [-0.2, -0.15) is 0 Å². The Morgan fingerprint density at radius 3 is 2.80 bits per heavy atom. The average Bonchev–Trinajstić information content (AvgIpc) is 3.02. The molecule has 0 spiro atoms. The fourth-order valence-electron chi connectivity index (χ4n) is 1.47. The Balaban J connectivity index is 1.86. The van der Waals surface area contributed by atoms with Crippen molar-refractivity contribution in [3.05, 3.63) is 29.8 Å². The number of hydrogen-bond donors (Lipinski definition) is 2. The third-order valence-corrected chi connectivity index (χ3v) is 2.57. The molecular weight excluding hydrogens is 191 g/mol. The molecule has 1 saturated carbocycles. The SMILES string of the molecule is OB(O)c1cccc(COCC2CC2)c1. The standard InChI is InChI=1S/C11H15BO3/c13-12(14)11-3-1-2-10(6-11)8-15-7-9-4-5-9/h1-3,6,9,13-14H,4-5,7-8H2. The lowest BCUT2D eigenvalue weighted by atomic mass is 9.80. The summed E-state index contributed by atoms with van der Waals surface area (Å²) >= 11 is 0. The van der Waals surface area contributed by atoms with Crippen molar-refractivity contribution in [3.8, 4) is 0 Å². The van der Waals surface area contributed by atoms with Gasteiger partial charge in [-0.25, -0.2) is 0 Å². The minimum atomic E-state index is -1.40. The maximum atomic E-state index is 8.99. The second-order valence-electron chi connectivity index (χ2n) is 4.08. The average molecular weight is 206 g/mol. The van der Waals surface area contributed by atoms with Crippen LogP contribution in [-0.4, -0.2) is 23.8 Å². The van der Waals surface area contributed by atoms with E-state index >= 15 is 0 Å². The first-order valence-electron chi connectivity index (χ1n) is 5.28. The monoisotopic (exact) mass is 206 g/mol. The van der Waals surface area contributed by atoms with E-state index in [1.54, 1.807) is 12.1 Å². The van der Waals surface area contributed by atoms with E-state index < -0.39 is 7.12 Å². The van der Waals surface area contributed by atoms with Gasteiger partial charge >= 0.3 is 7.12 Å². The van der Waals surface area contributed by atoms with Gasteiger partial charge in [-0.15, -0.1) is 0 Å². The Hall–Kier alpha value is -0.835. The molecule has 0 aliphatic heterocycles. The van der Waals surface area contributed by atoms with Gasteiger partial charge in [0.05, 0.1) is 6.61 Å². The Morgan fingerprint density at radius 2 is 2.13 bits per heavy atom. The summed E-state index contributed by atoms with van der Waals surface area (Å²) in [7, 11) is -1.40. The first-order chi connectivity index (χ1) is 7.25. The Labute approximate surface area is 89.8 Å². The molecule has 4 heteroatoms. The third-order valence-electron chi connectivity index (χ3n) is 2.57. The Bertz CT molecular complexity index is 323. The molecule has 1 fully saturated rings. The molecule has 2 N–H and O–H groups in total. The van der Waals surface area contributed by atoms with E-state index in [4.69, 9.17) is 14.8 Å². The van der Waals surface area contributed by atoms with Crippen LogP contribution in [0, 0.1) is 5.92 Å². The first kappa shape index (κ1) is 10.7. The molecule has 1 aromatic rings. The van der Waals surface area contributed by atoms with E-state index in [1.807, 2.05) is 12.1 Å². The van der Waals surface area contributed by atoms with Crippen LogP contribution < -0.4 is 5.46 Å². The quantitative estimate of drug-likeness (QED) is 0.681. The Morgan fingerprint density at radius 1 is 1.33 bits per heavy atom. The second kappa shape index (κ2) is 4.79. The maximum absolute atomic E-state index is 8.99. The molecule has 0 amide bonds. The van der Waals surface area contributed by atoms with Gasteiger partial charge in [-0.3, -0.25) is 0 Å². The summed E-state index contributed by atoms with van der Waals surface area (Å²) in [6, 6.07) is 7.19. The fraction of sp³-hybridized carbons (Fsp3) is 0.455. The fourth-order valence-corrected chi connectivity index (χ4v) is 1.47. The van der Waals surface area contributed by atoms with Crippen LogP contribution in [0.15, 0.2) is 24.3 Å². The van der Waals surface area contributed by atoms with Crippen molar-refractivity contribution in [3.63, 3.8) is 0 Å². The highest BCUT2D eigenvalue weighted by Gasteiger charge is 2.21. The van der Waals surface area contributed by atoms with Crippen LogP contribution in [-0.2, 0) is 11.3 Å². The number of hydrogen-bond acceptors (Lipinski definition) is 3. The van der Waals surface area contributed by atoms with Crippen molar-refractivity contribution < 1.29 is 14.8 Å². The van der Waals surface area contributed by atoms with Crippen LogP contribution in [0.1, 0.15) is 18.4 Å².